The van der Waals surface area contributed by atoms with Gasteiger partial charge in [0.25, 0.3) is 0 Å². The Bertz CT molecular complexity index is 511. The molecule has 1 heterocycles. The van der Waals surface area contributed by atoms with Gasteiger partial charge in [0.1, 0.15) is 11.6 Å². The average Bonchev–Trinajstić information content (AvgIpc) is 2.38. The van der Waals surface area contributed by atoms with E-state index in [-0.39, 0.29) is 6.04 Å². The number of aromatic nitrogens is 1. The second-order valence-corrected chi connectivity index (χ2v) is 4.41. The molecule has 0 aliphatic rings. The number of benzene rings is 1. The van der Waals surface area contributed by atoms with Gasteiger partial charge in [0.05, 0.1) is 0 Å². The van der Waals surface area contributed by atoms with Crippen LogP contribution in [0.1, 0.15) is 11.1 Å². The van der Waals surface area contributed by atoms with Gasteiger partial charge in [-0.05, 0) is 42.2 Å². The molecule has 2 rings (SSSR count). The van der Waals surface area contributed by atoms with Crippen LogP contribution in [0.15, 0.2) is 42.7 Å². The molecule has 0 fully saturated rings. The first-order chi connectivity index (χ1) is 9.17. The van der Waals surface area contributed by atoms with Crippen LogP contribution in [0.2, 0.25) is 0 Å². The Kier molecular flexibility index (Phi) is 4.54. The highest BCUT2D eigenvalue weighted by atomic mass is 19.1. The van der Waals surface area contributed by atoms with E-state index in [2.05, 4.69) is 10.4 Å². The van der Waals surface area contributed by atoms with Crippen LogP contribution in [0.3, 0.4) is 0 Å². The molecule has 3 nitrogen and oxygen atoms in total. The monoisotopic (exact) mass is 263 g/mol. The van der Waals surface area contributed by atoms with Crippen LogP contribution >= 0.6 is 0 Å². The summed E-state index contributed by atoms with van der Waals surface area (Å²) < 4.78 is 26.2. The summed E-state index contributed by atoms with van der Waals surface area (Å²) in [4.78, 5) is 4.02. The summed E-state index contributed by atoms with van der Waals surface area (Å²) in [6.07, 6.45) is 4.52. The van der Waals surface area contributed by atoms with Crippen LogP contribution < -0.4 is 11.3 Å². The fraction of sp³-hybridized carbons (Fsp3) is 0.214. The number of nitrogens with two attached hydrogens (primary N) is 1. The van der Waals surface area contributed by atoms with Gasteiger partial charge in [-0.25, -0.2) is 8.78 Å². The van der Waals surface area contributed by atoms with E-state index in [9.17, 15) is 8.78 Å². The van der Waals surface area contributed by atoms with Gasteiger partial charge in [-0.15, -0.1) is 0 Å². The van der Waals surface area contributed by atoms with E-state index in [1.54, 1.807) is 12.4 Å². The van der Waals surface area contributed by atoms with Gasteiger partial charge in [-0.3, -0.25) is 16.3 Å². The van der Waals surface area contributed by atoms with E-state index in [4.69, 9.17) is 5.84 Å². The van der Waals surface area contributed by atoms with E-state index in [0.29, 0.717) is 18.4 Å². The van der Waals surface area contributed by atoms with Gasteiger partial charge in [-0.1, -0.05) is 6.07 Å². The number of rotatable bonds is 5. The van der Waals surface area contributed by atoms with Crippen LogP contribution in [-0.4, -0.2) is 11.0 Å². The molecule has 1 atom stereocenters. The molecule has 19 heavy (non-hydrogen) atoms. The third-order valence-electron chi connectivity index (χ3n) is 2.85. The molecule has 1 aromatic heterocycles. The maximum atomic E-state index is 13.1. The molecule has 100 valence electrons. The van der Waals surface area contributed by atoms with E-state index < -0.39 is 11.6 Å². The largest absolute Gasteiger partial charge is 0.271 e. The number of hydrogen-bond donors (Lipinski definition) is 2. The average molecular weight is 263 g/mol. The molecular formula is C14H15F2N3. The highest BCUT2D eigenvalue weighted by molar-refractivity contribution is 5.20. The minimum Gasteiger partial charge on any atom is -0.271 e. The fourth-order valence-corrected chi connectivity index (χ4v) is 2.01. The highest BCUT2D eigenvalue weighted by Gasteiger charge is 2.10. The first kappa shape index (κ1) is 13.6. The van der Waals surface area contributed by atoms with Crippen LogP contribution in [0.25, 0.3) is 0 Å². The van der Waals surface area contributed by atoms with Crippen LogP contribution in [0, 0.1) is 11.6 Å². The van der Waals surface area contributed by atoms with Crippen molar-refractivity contribution in [1.82, 2.24) is 10.4 Å². The zero-order valence-corrected chi connectivity index (χ0v) is 10.3. The Morgan fingerprint density at radius 3 is 2.37 bits per heavy atom. The Morgan fingerprint density at radius 1 is 1.11 bits per heavy atom. The summed E-state index contributed by atoms with van der Waals surface area (Å²) in [5, 5.41) is 0. The van der Waals surface area contributed by atoms with Gasteiger partial charge in [0.2, 0.25) is 0 Å². The van der Waals surface area contributed by atoms with Crippen molar-refractivity contribution >= 4 is 0 Å². The Morgan fingerprint density at radius 2 is 1.79 bits per heavy atom. The zero-order chi connectivity index (χ0) is 13.7. The van der Waals surface area contributed by atoms with Crippen molar-refractivity contribution in [3.63, 3.8) is 0 Å². The topological polar surface area (TPSA) is 50.9 Å². The highest BCUT2D eigenvalue weighted by Crippen LogP contribution is 2.12. The molecule has 0 amide bonds. The molecule has 5 heteroatoms. The summed E-state index contributed by atoms with van der Waals surface area (Å²) in [7, 11) is 0. The number of nitrogens with zero attached hydrogens (tertiary/aromatic N) is 1. The van der Waals surface area contributed by atoms with Crippen molar-refractivity contribution in [2.24, 2.45) is 5.84 Å². The second-order valence-electron chi connectivity index (χ2n) is 4.41. The predicted octanol–water partition coefficient (Wildman–Crippen LogP) is 1.98. The van der Waals surface area contributed by atoms with Gasteiger partial charge in [0, 0.05) is 24.5 Å². The zero-order valence-electron chi connectivity index (χ0n) is 10.3. The lowest BCUT2D eigenvalue weighted by Crippen LogP contribution is -2.38. The molecule has 0 saturated carbocycles. The lowest BCUT2D eigenvalue weighted by atomic mass is 10.0. The molecule has 0 aliphatic heterocycles. The molecule has 2 aromatic rings. The van der Waals surface area contributed by atoms with Gasteiger partial charge >= 0.3 is 0 Å². The molecule has 0 aliphatic carbocycles. The van der Waals surface area contributed by atoms with Crippen molar-refractivity contribution in [1.29, 1.82) is 0 Å². The lowest BCUT2D eigenvalue weighted by molar-refractivity contribution is 0.516. The normalized spacial score (nSPS) is 12.4. The molecular weight excluding hydrogens is 248 g/mol. The standard InChI is InChI=1S/C14H15F2N3/c15-12-4-11(5-13(16)8-12)7-14(19-17)6-10-2-1-3-18-9-10/h1-5,8-9,14,19H,6-7,17H2. The number of pyridine rings is 1. The van der Waals surface area contributed by atoms with Crippen LogP contribution in [0.4, 0.5) is 8.78 Å². The van der Waals surface area contributed by atoms with Crippen LogP contribution in [0.5, 0.6) is 0 Å². The molecule has 0 saturated heterocycles. The smallest absolute Gasteiger partial charge is 0.126 e. The molecule has 0 spiro atoms. The molecule has 0 bridgehead atoms. The molecule has 0 radical (unpaired) electrons. The summed E-state index contributed by atoms with van der Waals surface area (Å²) in [5.41, 5.74) is 4.25. The van der Waals surface area contributed by atoms with Crippen molar-refractivity contribution < 1.29 is 8.78 Å². The number of nitrogens with one attached hydrogen (secondary N) is 1. The minimum atomic E-state index is -0.577. The summed E-state index contributed by atoms with van der Waals surface area (Å²) in [6.45, 7) is 0. The lowest BCUT2D eigenvalue weighted by Gasteiger charge is -2.16. The Balaban J connectivity index is 2.06. The minimum absolute atomic E-state index is 0.106. The SMILES string of the molecule is NNC(Cc1cccnc1)Cc1cc(F)cc(F)c1. The molecule has 1 unspecified atom stereocenters. The van der Waals surface area contributed by atoms with Crippen LogP contribution in [-0.2, 0) is 12.8 Å². The summed E-state index contributed by atoms with van der Waals surface area (Å²) >= 11 is 0. The third-order valence-corrected chi connectivity index (χ3v) is 2.85. The quantitative estimate of drug-likeness (QED) is 0.640. The molecule has 3 N–H and O–H groups in total. The molecule has 1 aromatic carbocycles. The third kappa shape index (κ3) is 4.08. The van der Waals surface area contributed by atoms with E-state index in [1.165, 1.54) is 12.1 Å². The van der Waals surface area contributed by atoms with Crippen molar-refractivity contribution in [2.45, 2.75) is 18.9 Å². The number of hydrogen-bond acceptors (Lipinski definition) is 3. The van der Waals surface area contributed by atoms with Gasteiger partial charge in [-0.2, -0.15) is 0 Å². The Hall–Kier alpha value is -1.85. The fourth-order valence-electron chi connectivity index (χ4n) is 2.01. The first-order valence-electron chi connectivity index (χ1n) is 5.97. The summed E-state index contributed by atoms with van der Waals surface area (Å²) in [5.74, 6) is 4.33. The summed E-state index contributed by atoms with van der Waals surface area (Å²) in [6, 6.07) is 7.15. The van der Waals surface area contributed by atoms with Gasteiger partial charge in [0.15, 0.2) is 0 Å². The van der Waals surface area contributed by atoms with E-state index >= 15 is 0 Å². The first-order valence-corrected chi connectivity index (χ1v) is 5.97. The second kappa shape index (κ2) is 6.36. The maximum Gasteiger partial charge on any atom is 0.126 e. The van der Waals surface area contributed by atoms with E-state index in [1.807, 2.05) is 12.1 Å². The number of hydrazine groups is 1. The maximum absolute atomic E-state index is 13.1. The number of halogens is 2. The van der Waals surface area contributed by atoms with Crippen molar-refractivity contribution in [2.75, 3.05) is 0 Å². The van der Waals surface area contributed by atoms with E-state index in [0.717, 1.165) is 11.6 Å². The van der Waals surface area contributed by atoms with Crippen molar-refractivity contribution in [3.05, 3.63) is 65.5 Å². The van der Waals surface area contributed by atoms with Crippen molar-refractivity contribution in [3.8, 4) is 0 Å². The Labute approximate surface area is 110 Å². The predicted molar refractivity (Wildman–Crippen MR) is 69.1 cm³/mol. The van der Waals surface area contributed by atoms with Gasteiger partial charge < -0.3 is 0 Å².